The fourth-order valence-corrected chi connectivity index (χ4v) is 5.64. The summed E-state index contributed by atoms with van der Waals surface area (Å²) >= 11 is 0. The first-order valence-electron chi connectivity index (χ1n) is 12.8. The summed E-state index contributed by atoms with van der Waals surface area (Å²) in [4.78, 5) is 0. The fraction of sp³-hybridized carbons (Fsp3) is 0.206. The minimum Gasteiger partial charge on any atom is -0.309 e. The molecular weight excluding hydrogens is 436 g/mol. The molecule has 0 amide bonds. The van der Waals surface area contributed by atoms with Crippen molar-refractivity contribution in [1.82, 2.24) is 4.57 Å². The third kappa shape index (κ3) is 3.36. The lowest BCUT2D eigenvalue weighted by Crippen LogP contribution is -2.31. The maximum absolute atomic E-state index is 2.43. The van der Waals surface area contributed by atoms with Crippen molar-refractivity contribution in [1.29, 1.82) is 0 Å². The van der Waals surface area contributed by atoms with Gasteiger partial charge in [-0.1, -0.05) is 69.3 Å². The number of hydrogen-bond donors (Lipinski definition) is 0. The van der Waals surface area contributed by atoms with Gasteiger partial charge in [-0.25, -0.2) is 4.57 Å². The summed E-state index contributed by atoms with van der Waals surface area (Å²) in [6, 6.07) is 31.2. The minimum atomic E-state index is 0.0878. The first-order valence-corrected chi connectivity index (χ1v) is 12.8. The average molecular weight is 470 g/mol. The van der Waals surface area contributed by atoms with Crippen LogP contribution in [0.25, 0.3) is 49.5 Å². The largest absolute Gasteiger partial charge is 0.309 e. The van der Waals surface area contributed by atoms with E-state index in [0.29, 0.717) is 0 Å². The first-order chi connectivity index (χ1) is 17.3. The second-order valence-electron chi connectivity index (χ2n) is 11.1. The van der Waals surface area contributed by atoms with Crippen molar-refractivity contribution >= 4 is 32.6 Å². The Balaban J connectivity index is 1.71. The fourth-order valence-electron chi connectivity index (χ4n) is 5.64. The molecule has 0 fully saturated rings. The molecule has 2 nitrogen and oxygen atoms in total. The molecule has 0 radical (unpaired) electrons. The van der Waals surface area contributed by atoms with Gasteiger partial charge in [0.05, 0.1) is 27.7 Å². The van der Waals surface area contributed by atoms with Crippen molar-refractivity contribution in [2.24, 2.45) is 7.05 Å². The monoisotopic (exact) mass is 469 g/mol. The van der Waals surface area contributed by atoms with Crippen LogP contribution >= 0.6 is 0 Å². The molecule has 0 aliphatic carbocycles. The Morgan fingerprint density at radius 3 is 1.92 bits per heavy atom. The van der Waals surface area contributed by atoms with E-state index in [4.69, 9.17) is 0 Å². The maximum atomic E-state index is 2.43. The first kappa shape index (κ1) is 22.5. The zero-order valence-corrected chi connectivity index (χ0v) is 22.1. The standard InChI is InChI=1S/C34H33N2/c1-22-20-24(34(3,4)5)21-29(23(22)2)33-28-14-11-17-32(27(28)18-19-35(33)6)36-30-15-9-7-12-25(30)26-13-8-10-16-31(26)36/h7-21H,1-6H3/q+1. The van der Waals surface area contributed by atoms with Gasteiger partial charge in [-0.2, -0.15) is 0 Å². The molecule has 178 valence electrons. The molecule has 0 atom stereocenters. The van der Waals surface area contributed by atoms with Crippen molar-refractivity contribution < 1.29 is 4.57 Å². The summed E-state index contributed by atoms with van der Waals surface area (Å²) in [7, 11) is 2.17. The number of para-hydroxylation sites is 2. The van der Waals surface area contributed by atoms with Crippen molar-refractivity contribution in [2.45, 2.75) is 40.0 Å². The van der Waals surface area contributed by atoms with Gasteiger partial charge in [-0.05, 0) is 66.3 Å². The van der Waals surface area contributed by atoms with Crippen molar-refractivity contribution in [3.8, 4) is 16.9 Å². The quantitative estimate of drug-likeness (QED) is 0.225. The molecule has 0 unspecified atom stereocenters. The summed E-state index contributed by atoms with van der Waals surface area (Å²) in [6.07, 6.45) is 2.22. The predicted octanol–water partition coefficient (Wildman–Crippen LogP) is 8.34. The molecule has 6 aromatic rings. The highest BCUT2D eigenvalue weighted by Crippen LogP contribution is 2.38. The van der Waals surface area contributed by atoms with Crippen molar-refractivity contribution in [3.63, 3.8) is 0 Å². The molecule has 0 saturated carbocycles. The molecule has 0 bridgehead atoms. The number of aryl methyl sites for hydroxylation is 2. The van der Waals surface area contributed by atoms with Gasteiger partial charge in [-0.3, -0.25) is 0 Å². The van der Waals surface area contributed by atoms with Gasteiger partial charge in [0.2, 0.25) is 5.69 Å². The molecule has 4 aromatic carbocycles. The SMILES string of the molecule is Cc1cc(C(C)(C)C)cc(-c2c3cccc(-n4c5ccccc5c5ccccc54)c3cc[n+]2C)c1C. The van der Waals surface area contributed by atoms with E-state index in [1.165, 1.54) is 66.2 Å². The smallest absolute Gasteiger partial charge is 0.220 e. The van der Waals surface area contributed by atoms with E-state index in [1.807, 2.05) is 0 Å². The third-order valence-corrected chi connectivity index (χ3v) is 7.77. The maximum Gasteiger partial charge on any atom is 0.220 e. The third-order valence-electron chi connectivity index (χ3n) is 7.77. The van der Waals surface area contributed by atoms with Gasteiger partial charge in [0.1, 0.15) is 7.05 Å². The Bertz CT molecular complexity index is 1740. The molecule has 0 aliphatic rings. The van der Waals surface area contributed by atoms with Gasteiger partial charge >= 0.3 is 0 Å². The Labute approximate surface area is 213 Å². The summed E-state index contributed by atoms with van der Waals surface area (Å²) < 4.78 is 4.71. The van der Waals surface area contributed by atoms with Gasteiger partial charge in [0.25, 0.3) is 0 Å². The molecule has 36 heavy (non-hydrogen) atoms. The lowest BCUT2D eigenvalue weighted by atomic mass is 9.83. The topological polar surface area (TPSA) is 8.81 Å². The Hall–Kier alpha value is -3.91. The number of benzene rings is 4. The zero-order valence-electron chi connectivity index (χ0n) is 22.1. The molecule has 0 spiro atoms. The molecule has 0 N–H and O–H groups in total. The molecule has 6 rings (SSSR count). The molecule has 2 heteroatoms. The van der Waals surface area contributed by atoms with E-state index >= 15 is 0 Å². The lowest BCUT2D eigenvalue weighted by Gasteiger charge is -2.22. The number of pyridine rings is 1. The summed E-state index contributed by atoms with van der Waals surface area (Å²) in [6.45, 7) is 11.4. The van der Waals surface area contributed by atoms with Crippen LogP contribution in [0.4, 0.5) is 0 Å². The normalized spacial score (nSPS) is 12.2. The van der Waals surface area contributed by atoms with Gasteiger partial charge in [-0.15, -0.1) is 0 Å². The van der Waals surface area contributed by atoms with E-state index in [2.05, 4.69) is 142 Å². The second-order valence-corrected chi connectivity index (χ2v) is 11.1. The van der Waals surface area contributed by atoms with Crippen LogP contribution in [0, 0.1) is 13.8 Å². The number of aromatic nitrogens is 2. The molecule has 2 heterocycles. The number of fused-ring (bicyclic) bond motifs is 4. The van der Waals surface area contributed by atoms with Crippen LogP contribution in [0.2, 0.25) is 0 Å². The summed E-state index contributed by atoms with van der Waals surface area (Å²) in [5.74, 6) is 0. The number of rotatable bonds is 2. The highest BCUT2D eigenvalue weighted by Gasteiger charge is 2.24. The van der Waals surface area contributed by atoms with E-state index < -0.39 is 0 Å². The van der Waals surface area contributed by atoms with Crippen LogP contribution in [-0.2, 0) is 12.5 Å². The van der Waals surface area contributed by atoms with Crippen molar-refractivity contribution in [3.05, 3.63) is 108 Å². The second kappa shape index (κ2) is 8.06. The van der Waals surface area contributed by atoms with Crippen LogP contribution in [0.1, 0.15) is 37.5 Å². The summed E-state index contributed by atoms with van der Waals surface area (Å²) in [5.41, 5.74) is 10.4. The highest BCUT2D eigenvalue weighted by molar-refractivity contribution is 6.11. The van der Waals surface area contributed by atoms with Crippen LogP contribution in [0.5, 0.6) is 0 Å². The Kier molecular flexibility index (Phi) is 5.05. The van der Waals surface area contributed by atoms with Gasteiger partial charge in [0.15, 0.2) is 6.20 Å². The number of nitrogens with zero attached hydrogens (tertiary/aromatic N) is 2. The van der Waals surface area contributed by atoms with Gasteiger partial charge in [0, 0.05) is 22.2 Å². The van der Waals surface area contributed by atoms with E-state index in [9.17, 15) is 0 Å². The van der Waals surface area contributed by atoms with Crippen LogP contribution in [0.15, 0.2) is 91.1 Å². The Morgan fingerprint density at radius 2 is 1.28 bits per heavy atom. The highest BCUT2D eigenvalue weighted by atomic mass is 15.0. The average Bonchev–Trinajstić information content (AvgIpc) is 3.19. The van der Waals surface area contributed by atoms with E-state index in [-0.39, 0.29) is 5.41 Å². The molecule has 0 aliphatic heterocycles. The predicted molar refractivity (Wildman–Crippen MR) is 153 cm³/mol. The molecule has 2 aromatic heterocycles. The minimum absolute atomic E-state index is 0.0878. The number of hydrogen-bond acceptors (Lipinski definition) is 0. The van der Waals surface area contributed by atoms with E-state index in [1.54, 1.807) is 0 Å². The zero-order chi connectivity index (χ0) is 25.2. The van der Waals surface area contributed by atoms with Gasteiger partial charge < -0.3 is 4.57 Å². The molecule has 0 saturated heterocycles. The van der Waals surface area contributed by atoms with E-state index in [0.717, 1.165) is 0 Å². The van der Waals surface area contributed by atoms with Crippen molar-refractivity contribution in [2.75, 3.05) is 0 Å². The van der Waals surface area contributed by atoms with Crippen LogP contribution < -0.4 is 4.57 Å². The molecular formula is C34H33N2+. The summed E-state index contributed by atoms with van der Waals surface area (Å²) in [5, 5.41) is 5.11. The van der Waals surface area contributed by atoms with Crippen LogP contribution in [0.3, 0.4) is 0 Å². The Morgan fingerprint density at radius 1 is 0.667 bits per heavy atom. The lowest BCUT2D eigenvalue weighted by molar-refractivity contribution is -0.659. The van der Waals surface area contributed by atoms with Crippen LogP contribution in [-0.4, -0.2) is 4.57 Å².